The number of halogens is 1. The molecule has 0 aromatic heterocycles. The molecule has 2 rings (SSSR count). The standard InChI is InChI=1S/C17H16BrNO2/c1-17(2,16(20)14-6-4-3-5-7-14)19(21)12-13-8-10-15(18)11-9-13/h3-12H,1-2H3. The van der Waals surface area contributed by atoms with Crippen molar-refractivity contribution in [2.45, 2.75) is 19.4 Å². The molecule has 0 spiro atoms. The lowest BCUT2D eigenvalue weighted by Gasteiger charge is -2.22. The van der Waals surface area contributed by atoms with Crippen molar-refractivity contribution in [2.75, 3.05) is 0 Å². The molecular weight excluding hydrogens is 330 g/mol. The second-order valence-electron chi connectivity index (χ2n) is 5.26. The van der Waals surface area contributed by atoms with E-state index in [4.69, 9.17) is 0 Å². The van der Waals surface area contributed by atoms with E-state index < -0.39 is 5.54 Å². The lowest BCUT2D eigenvalue weighted by molar-refractivity contribution is -0.515. The summed E-state index contributed by atoms with van der Waals surface area (Å²) in [6, 6.07) is 16.2. The number of hydrogen-bond acceptors (Lipinski definition) is 2. The van der Waals surface area contributed by atoms with Gasteiger partial charge in [0.15, 0.2) is 6.21 Å². The Bertz CT molecular complexity index is 661. The summed E-state index contributed by atoms with van der Waals surface area (Å²) in [7, 11) is 0. The van der Waals surface area contributed by atoms with Gasteiger partial charge in [-0.2, -0.15) is 4.74 Å². The van der Waals surface area contributed by atoms with E-state index in [1.54, 1.807) is 38.1 Å². The number of carbonyl (C=O) groups is 1. The van der Waals surface area contributed by atoms with Gasteiger partial charge < -0.3 is 5.21 Å². The predicted molar refractivity (Wildman–Crippen MR) is 87.8 cm³/mol. The monoisotopic (exact) mass is 345 g/mol. The summed E-state index contributed by atoms with van der Waals surface area (Å²) in [5.74, 6) is -0.202. The maximum atomic E-state index is 12.5. The maximum absolute atomic E-state index is 12.5. The first kappa shape index (κ1) is 15.4. The molecule has 3 nitrogen and oxygen atoms in total. The first-order valence-corrected chi connectivity index (χ1v) is 7.37. The molecule has 0 fully saturated rings. The van der Waals surface area contributed by atoms with Crippen LogP contribution in [0.3, 0.4) is 0 Å². The van der Waals surface area contributed by atoms with Gasteiger partial charge >= 0.3 is 0 Å². The number of hydroxylamine groups is 1. The molecule has 0 aliphatic carbocycles. The summed E-state index contributed by atoms with van der Waals surface area (Å²) in [4.78, 5) is 12.5. The van der Waals surface area contributed by atoms with Crippen molar-refractivity contribution in [3.05, 3.63) is 75.4 Å². The van der Waals surface area contributed by atoms with Crippen LogP contribution in [0.25, 0.3) is 0 Å². The molecule has 0 amide bonds. The summed E-state index contributed by atoms with van der Waals surface area (Å²) in [5, 5.41) is 12.4. The Kier molecular flexibility index (Phi) is 4.58. The average Bonchev–Trinajstić information content (AvgIpc) is 2.49. The molecule has 108 valence electrons. The third-order valence-electron chi connectivity index (χ3n) is 3.28. The third kappa shape index (κ3) is 3.58. The Balaban J connectivity index is 2.30. The van der Waals surface area contributed by atoms with Gasteiger partial charge in [0.05, 0.1) is 0 Å². The van der Waals surface area contributed by atoms with Crippen LogP contribution in [0.4, 0.5) is 0 Å². The Labute approximate surface area is 132 Å². The van der Waals surface area contributed by atoms with Gasteiger partial charge in [-0.1, -0.05) is 46.3 Å². The smallest absolute Gasteiger partial charge is 0.233 e. The maximum Gasteiger partial charge on any atom is 0.233 e. The van der Waals surface area contributed by atoms with Crippen molar-refractivity contribution < 1.29 is 9.53 Å². The van der Waals surface area contributed by atoms with Gasteiger partial charge in [-0.15, -0.1) is 0 Å². The van der Waals surface area contributed by atoms with Crippen molar-refractivity contribution in [3.63, 3.8) is 0 Å². The van der Waals surface area contributed by atoms with E-state index in [1.807, 2.05) is 30.3 Å². The zero-order chi connectivity index (χ0) is 15.5. The van der Waals surface area contributed by atoms with Crippen molar-refractivity contribution in [1.82, 2.24) is 0 Å². The van der Waals surface area contributed by atoms with Crippen LogP contribution in [0.1, 0.15) is 29.8 Å². The fourth-order valence-electron chi connectivity index (χ4n) is 1.89. The van der Waals surface area contributed by atoms with E-state index in [0.717, 1.165) is 10.0 Å². The second kappa shape index (κ2) is 6.22. The number of ketones is 1. The normalized spacial score (nSPS) is 12.2. The molecule has 4 heteroatoms. The molecule has 0 radical (unpaired) electrons. The molecule has 0 unspecified atom stereocenters. The highest BCUT2D eigenvalue weighted by atomic mass is 79.9. The van der Waals surface area contributed by atoms with E-state index in [-0.39, 0.29) is 5.78 Å². The van der Waals surface area contributed by atoms with E-state index in [1.165, 1.54) is 6.21 Å². The first-order valence-electron chi connectivity index (χ1n) is 6.58. The molecule has 0 heterocycles. The summed E-state index contributed by atoms with van der Waals surface area (Å²) >= 11 is 3.35. The minimum absolute atomic E-state index is 0.202. The van der Waals surface area contributed by atoms with Gasteiger partial charge in [-0.05, 0) is 24.3 Å². The highest BCUT2D eigenvalue weighted by Crippen LogP contribution is 2.17. The lowest BCUT2D eigenvalue weighted by Crippen LogP contribution is -2.42. The highest BCUT2D eigenvalue weighted by molar-refractivity contribution is 9.10. The molecule has 0 aliphatic heterocycles. The second-order valence-corrected chi connectivity index (χ2v) is 6.18. The molecule has 0 aliphatic rings. The van der Waals surface area contributed by atoms with Gasteiger partial charge in [0, 0.05) is 29.4 Å². The molecule has 21 heavy (non-hydrogen) atoms. The van der Waals surface area contributed by atoms with Crippen LogP contribution in [-0.2, 0) is 0 Å². The summed E-state index contributed by atoms with van der Waals surface area (Å²) < 4.78 is 1.66. The molecule has 0 saturated carbocycles. The van der Waals surface area contributed by atoms with Crippen molar-refractivity contribution in [3.8, 4) is 0 Å². The Morgan fingerprint density at radius 3 is 2.24 bits per heavy atom. The Morgan fingerprint density at radius 2 is 1.67 bits per heavy atom. The van der Waals surface area contributed by atoms with E-state index in [2.05, 4.69) is 15.9 Å². The SMILES string of the molecule is CC(C)(C(=O)c1ccccc1)[N+]([O-])=Cc1ccc(Br)cc1. The van der Waals surface area contributed by atoms with Crippen LogP contribution in [-0.4, -0.2) is 22.3 Å². The van der Waals surface area contributed by atoms with Crippen LogP contribution in [0.2, 0.25) is 0 Å². The number of carbonyl (C=O) groups excluding carboxylic acids is 1. The van der Waals surface area contributed by atoms with Crippen LogP contribution in [0.5, 0.6) is 0 Å². The van der Waals surface area contributed by atoms with E-state index >= 15 is 0 Å². The number of Topliss-reactive ketones (excluding diaryl/α,β-unsaturated/α-hetero) is 1. The van der Waals surface area contributed by atoms with Gasteiger partial charge in [0.2, 0.25) is 11.3 Å². The highest BCUT2D eigenvalue weighted by Gasteiger charge is 2.36. The largest absolute Gasteiger partial charge is 0.623 e. The Hall–Kier alpha value is -1.94. The van der Waals surface area contributed by atoms with E-state index in [9.17, 15) is 10.0 Å². The van der Waals surface area contributed by atoms with Gasteiger partial charge in [0.1, 0.15) is 0 Å². The molecule has 2 aromatic rings. The summed E-state index contributed by atoms with van der Waals surface area (Å²) in [5.41, 5.74) is 0.128. The van der Waals surface area contributed by atoms with Gasteiger partial charge in [-0.25, -0.2) is 0 Å². The first-order chi connectivity index (χ1) is 9.91. The van der Waals surface area contributed by atoms with Crippen molar-refractivity contribution in [1.29, 1.82) is 0 Å². The summed E-state index contributed by atoms with van der Waals surface area (Å²) in [6.07, 6.45) is 1.44. The minimum Gasteiger partial charge on any atom is -0.623 e. The van der Waals surface area contributed by atoms with Gasteiger partial charge in [-0.3, -0.25) is 4.79 Å². The molecule has 2 aromatic carbocycles. The molecular formula is C17H16BrNO2. The third-order valence-corrected chi connectivity index (χ3v) is 3.81. The number of hydrogen-bond donors (Lipinski definition) is 0. The summed E-state index contributed by atoms with van der Waals surface area (Å²) in [6.45, 7) is 3.26. The number of benzene rings is 2. The van der Waals surface area contributed by atoms with Crippen LogP contribution < -0.4 is 0 Å². The molecule has 0 atom stereocenters. The lowest BCUT2D eigenvalue weighted by atomic mass is 9.93. The quantitative estimate of drug-likeness (QED) is 0.276. The van der Waals surface area contributed by atoms with Crippen molar-refractivity contribution >= 4 is 27.9 Å². The zero-order valence-electron chi connectivity index (χ0n) is 11.9. The zero-order valence-corrected chi connectivity index (χ0v) is 13.5. The van der Waals surface area contributed by atoms with Crippen LogP contribution >= 0.6 is 15.9 Å². The number of rotatable bonds is 4. The van der Waals surface area contributed by atoms with Crippen molar-refractivity contribution in [2.24, 2.45) is 0 Å². The average molecular weight is 346 g/mol. The molecule has 0 N–H and O–H groups in total. The van der Waals surface area contributed by atoms with Gasteiger partial charge in [0.25, 0.3) is 0 Å². The fourth-order valence-corrected chi connectivity index (χ4v) is 2.15. The van der Waals surface area contributed by atoms with Crippen LogP contribution in [0, 0.1) is 5.21 Å². The molecule has 0 bridgehead atoms. The van der Waals surface area contributed by atoms with Crippen LogP contribution in [0.15, 0.2) is 59.1 Å². The topological polar surface area (TPSA) is 43.1 Å². The van der Waals surface area contributed by atoms with E-state index in [0.29, 0.717) is 10.3 Å². The minimum atomic E-state index is -1.16. The Morgan fingerprint density at radius 1 is 1.10 bits per heavy atom. The molecule has 0 saturated heterocycles. The fraction of sp³-hybridized carbons (Fsp3) is 0.176. The number of nitrogens with zero attached hydrogens (tertiary/aromatic N) is 1. The predicted octanol–water partition coefficient (Wildman–Crippen LogP) is 4.04.